The lowest BCUT2D eigenvalue weighted by Crippen LogP contribution is -2.33. The van der Waals surface area contributed by atoms with Crippen molar-refractivity contribution in [3.05, 3.63) is 28.8 Å². The van der Waals surface area contributed by atoms with Gasteiger partial charge in [-0.05, 0) is 56.2 Å². The third-order valence-corrected chi connectivity index (χ3v) is 4.54. The largest absolute Gasteiger partial charge is 0.496 e. The molecule has 0 saturated heterocycles. The van der Waals surface area contributed by atoms with E-state index in [0.29, 0.717) is 5.92 Å². The Morgan fingerprint density at radius 1 is 1.37 bits per heavy atom. The lowest BCUT2D eigenvalue weighted by molar-refractivity contribution is -0.0239. The predicted molar refractivity (Wildman–Crippen MR) is 78.6 cm³/mol. The molecule has 0 amide bonds. The number of methoxy groups -OCH3 is 1. The predicted octanol–water partition coefficient (Wildman–Crippen LogP) is 4.10. The van der Waals surface area contributed by atoms with Crippen LogP contribution in [-0.4, -0.2) is 12.2 Å². The molecule has 1 aliphatic carbocycles. The molecule has 19 heavy (non-hydrogen) atoms. The number of hydrogen-bond donors (Lipinski definition) is 1. The van der Waals surface area contributed by atoms with Crippen molar-refractivity contribution in [3.8, 4) is 5.75 Å². The third kappa shape index (κ3) is 2.79. The van der Waals surface area contributed by atoms with Gasteiger partial charge >= 0.3 is 0 Å². The molecule has 0 bridgehead atoms. The second-order valence-electron chi connectivity index (χ2n) is 6.06. The highest BCUT2D eigenvalue weighted by Crippen LogP contribution is 2.45. The van der Waals surface area contributed by atoms with Crippen molar-refractivity contribution in [3.63, 3.8) is 0 Å². The molecular formula is C17H26O2. The van der Waals surface area contributed by atoms with E-state index in [1.165, 1.54) is 12.0 Å². The van der Waals surface area contributed by atoms with Gasteiger partial charge in [0.1, 0.15) is 5.75 Å². The molecule has 2 atom stereocenters. The van der Waals surface area contributed by atoms with Gasteiger partial charge in [0.05, 0.1) is 12.7 Å². The van der Waals surface area contributed by atoms with Crippen LogP contribution in [0.3, 0.4) is 0 Å². The molecule has 1 aromatic carbocycles. The van der Waals surface area contributed by atoms with Gasteiger partial charge in [-0.2, -0.15) is 0 Å². The van der Waals surface area contributed by atoms with Gasteiger partial charge in [0.15, 0.2) is 0 Å². The summed E-state index contributed by atoms with van der Waals surface area (Å²) in [5, 5.41) is 11.1. The summed E-state index contributed by atoms with van der Waals surface area (Å²) in [6.45, 7) is 6.37. The fourth-order valence-corrected chi connectivity index (χ4v) is 3.63. The molecule has 2 nitrogen and oxygen atoms in total. The molecule has 1 aromatic rings. The van der Waals surface area contributed by atoms with Crippen LogP contribution in [0, 0.1) is 19.8 Å². The molecule has 0 spiro atoms. The minimum atomic E-state index is -0.706. The Kier molecular flexibility index (Phi) is 4.19. The molecule has 0 aliphatic heterocycles. The monoisotopic (exact) mass is 262 g/mol. The lowest BCUT2D eigenvalue weighted by atomic mass is 9.72. The van der Waals surface area contributed by atoms with E-state index in [0.717, 1.165) is 42.6 Å². The molecule has 1 fully saturated rings. The lowest BCUT2D eigenvalue weighted by Gasteiger charge is -2.38. The Morgan fingerprint density at radius 2 is 2.11 bits per heavy atom. The van der Waals surface area contributed by atoms with Crippen molar-refractivity contribution >= 4 is 0 Å². The van der Waals surface area contributed by atoms with Crippen molar-refractivity contribution < 1.29 is 9.84 Å². The first kappa shape index (κ1) is 14.4. The molecule has 2 heteroatoms. The minimum absolute atomic E-state index is 0.629. The quantitative estimate of drug-likeness (QED) is 0.888. The Morgan fingerprint density at radius 3 is 2.74 bits per heavy atom. The zero-order valence-corrected chi connectivity index (χ0v) is 12.6. The summed E-state index contributed by atoms with van der Waals surface area (Å²) in [6.07, 6.45) is 5.21. The number of rotatable bonds is 3. The SMILES string of the molecule is CCC1CCCC(O)(c2c(C)cc(C)cc2OC)C1. The van der Waals surface area contributed by atoms with Crippen LogP contribution in [0.1, 0.15) is 55.7 Å². The van der Waals surface area contributed by atoms with Gasteiger partial charge in [0.25, 0.3) is 0 Å². The van der Waals surface area contributed by atoms with Gasteiger partial charge in [-0.15, -0.1) is 0 Å². The second kappa shape index (κ2) is 5.54. The van der Waals surface area contributed by atoms with Crippen LogP contribution < -0.4 is 4.74 Å². The van der Waals surface area contributed by atoms with Crippen LogP contribution in [0.5, 0.6) is 5.75 Å². The van der Waals surface area contributed by atoms with E-state index in [1.54, 1.807) is 7.11 Å². The van der Waals surface area contributed by atoms with Gasteiger partial charge in [0.2, 0.25) is 0 Å². The van der Waals surface area contributed by atoms with Crippen molar-refractivity contribution in [2.24, 2.45) is 5.92 Å². The Bertz CT molecular complexity index is 453. The topological polar surface area (TPSA) is 29.5 Å². The first-order valence-electron chi connectivity index (χ1n) is 7.38. The molecule has 1 aliphatic rings. The summed E-state index contributed by atoms with van der Waals surface area (Å²) in [7, 11) is 1.70. The summed E-state index contributed by atoms with van der Waals surface area (Å²) < 4.78 is 5.53. The van der Waals surface area contributed by atoms with Gasteiger partial charge in [-0.3, -0.25) is 0 Å². The number of aryl methyl sites for hydroxylation is 2. The van der Waals surface area contributed by atoms with Crippen LogP contribution in [-0.2, 0) is 5.60 Å². The molecule has 0 aromatic heterocycles. The first-order valence-corrected chi connectivity index (χ1v) is 7.38. The number of hydrogen-bond acceptors (Lipinski definition) is 2. The van der Waals surface area contributed by atoms with Crippen LogP contribution >= 0.6 is 0 Å². The Labute approximate surface area is 116 Å². The van der Waals surface area contributed by atoms with Crippen LogP contribution in [0.4, 0.5) is 0 Å². The number of ether oxygens (including phenoxy) is 1. The summed E-state index contributed by atoms with van der Waals surface area (Å²) >= 11 is 0. The molecular weight excluding hydrogens is 236 g/mol. The summed E-state index contributed by atoms with van der Waals surface area (Å²) in [4.78, 5) is 0. The molecule has 2 unspecified atom stereocenters. The maximum atomic E-state index is 11.1. The average Bonchev–Trinajstić information content (AvgIpc) is 2.37. The van der Waals surface area contributed by atoms with Crippen molar-refractivity contribution in [1.82, 2.24) is 0 Å². The highest BCUT2D eigenvalue weighted by molar-refractivity contribution is 5.46. The highest BCUT2D eigenvalue weighted by Gasteiger charge is 2.38. The molecule has 0 radical (unpaired) electrons. The second-order valence-corrected chi connectivity index (χ2v) is 6.06. The van der Waals surface area contributed by atoms with E-state index in [1.807, 2.05) is 6.07 Å². The van der Waals surface area contributed by atoms with Crippen LogP contribution in [0.25, 0.3) is 0 Å². The van der Waals surface area contributed by atoms with Crippen molar-refractivity contribution in [2.45, 2.75) is 58.5 Å². The maximum Gasteiger partial charge on any atom is 0.125 e. The van der Waals surface area contributed by atoms with Crippen LogP contribution in [0.15, 0.2) is 12.1 Å². The summed E-state index contributed by atoms with van der Waals surface area (Å²) in [6, 6.07) is 4.18. The summed E-state index contributed by atoms with van der Waals surface area (Å²) in [5.74, 6) is 1.47. The average molecular weight is 262 g/mol. The van der Waals surface area contributed by atoms with E-state index in [-0.39, 0.29) is 0 Å². The molecule has 2 rings (SSSR count). The fraction of sp³-hybridized carbons (Fsp3) is 0.647. The molecule has 1 saturated carbocycles. The Hall–Kier alpha value is -1.02. The summed E-state index contributed by atoms with van der Waals surface area (Å²) in [5.41, 5.74) is 2.64. The maximum absolute atomic E-state index is 11.1. The first-order chi connectivity index (χ1) is 9.00. The molecule has 106 valence electrons. The van der Waals surface area contributed by atoms with Crippen LogP contribution in [0.2, 0.25) is 0 Å². The normalized spacial score (nSPS) is 27.3. The van der Waals surface area contributed by atoms with E-state index in [2.05, 4.69) is 26.8 Å². The Balaban J connectivity index is 2.44. The van der Waals surface area contributed by atoms with Gasteiger partial charge in [0, 0.05) is 5.56 Å². The zero-order chi connectivity index (χ0) is 14.0. The van der Waals surface area contributed by atoms with E-state index in [4.69, 9.17) is 4.74 Å². The van der Waals surface area contributed by atoms with Gasteiger partial charge in [-0.25, -0.2) is 0 Å². The van der Waals surface area contributed by atoms with Gasteiger partial charge in [-0.1, -0.05) is 25.8 Å². The third-order valence-electron chi connectivity index (χ3n) is 4.54. The molecule has 1 N–H and O–H groups in total. The number of aliphatic hydroxyl groups is 1. The van der Waals surface area contributed by atoms with Crippen molar-refractivity contribution in [1.29, 1.82) is 0 Å². The fourth-order valence-electron chi connectivity index (χ4n) is 3.63. The van der Waals surface area contributed by atoms with E-state index >= 15 is 0 Å². The number of benzene rings is 1. The molecule has 0 heterocycles. The standard InChI is InChI=1S/C17H26O2/c1-5-14-7-6-8-17(18,11-14)16-13(3)9-12(2)10-15(16)19-4/h9-10,14,18H,5-8,11H2,1-4H3. The van der Waals surface area contributed by atoms with Gasteiger partial charge < -0.3 is 9.84 Å². The smallest absolute Gasteiger partial charge is 0.125 e. The van der Waals surface area contributed by atoms with E-state index in [9.17, 15) is 5.11 Å². The van der Waals surface area contributed by atoms with E-state index < -0.39 is 5.60 Å². The van der Waals surface area contributed by atoms with Crippen molar-refractivity contribution in [2.75, 3.05) is 7.11 Å². The minimum Gasteiger partial charge on any atom is -0.496 e. The zero-order valence-electron chi connectivity index (χ0n) is 12.6. The highest BCUT2D eigenvalue weighted by atomic mass is 16.5.